The Labute approximate surface area is 92.7 Å². The Morgan fingerprint density at radius 2 is 1.82 bits per heavy atom. The molecule has 3 N–H and O–H groups in total. The number of nitrogens with one attached hydrogen (secondary N) is 1. The molecule has 0 fully saturated rings. The summed E-state index contributed by atoms with van der Waals surface area (Å²) in [5, 5.41) is 17.5. The van der Waals surface area contributed by atoms with Crippen LogP contribution in [0.4, 0.5) is 23.7 Å². The largest absolute Gasteiger partial charge is 0.490 e. The number of hydrogen-bond acceptors (Lipinski definition) is 3. The lowest BCUT2D eigenvalue weighted by atomic mass is 10.4. The van der Waals surface area contributed by atoms with Crippen LogP contribution in [0, 0.1) is 0 Å². The Bertz CT molecular complexity index is 380. The summed E-state index contributed by atoms with van der Waals surface area (Å²) >= 11 is 0. The molecular formula is C8H7F3N2O4. The summed E-state index contributed by atoms with van der Waals surface area (Å²) in [5.74, 6) is -2.76. The molecule has 0 aliphatic carbocycles. The Morgan fingerprint density at radius 1 is 1.29 bits per heavy atom. The molecule has 0 spiro atoms. The van der Waals surface area contributed by atoms with Gasteiger partial charge >= 0.3 is 18.2 Å². The van der Waals surface area contributed by atoms with Gasteiger partial charge in [-0.15, -0.1) is 0 Å². The van der Waals surface area contributed by atoms with Gasteiger partial charge in [-0.2, -0.15) is 13.2 Å². The van der Waals surface area contributed by atoms with Gasteiger partial charge in [0, 0.05) is 6.20 Å². The van der Waals surface area contributed by atoms with Crippen LogP contribution in [0.3, 0.4) is 0 Å². The first-order valence-electron chi connectivity index (χ1n) is 3.93. The van der Waals surface area contributed by atoms with Crippen molar-refractivity contribution < 1.29 is 33.0 Å². The maximum atomic E-state index is 10.6. The topological polar surface area (TPSA) is 99.5 Å². The van der Waals surface area contributed by atoms with Crippen molar-refractivity contribution in [1.82, 2.24) is 4.98 Å². The zero-order valence-electron chi connectivity index (χ0n) is 8.10. The van der Waals surface area contributed by atoms with Crippen molar-refractivity contribution in [2.75, 3.05) is 5.32 Å². The van der Waals surface area contributed by atoms with Gasteiger partial charge in [0.1, 0.15) is 0 Å². The van der Waals surface area contributed by atoms with Gasteiger partial charge in [0.15, 0.2) is 0 Å². The summed E-state index contributed by atoms with van der Waals surface area (Å²) in [6.45, 7) is 0. The molecule has 0 aliphatic rings. The number of nitrogens with zero attached hydrogens (tertiary/aromatic N) is 1. The second-order valence-electron chi connectivity index (χ2n) is 2.47. The molecule has 0 saturated carbocycles. The number of aromatic nitrogens is 1. The highest BCUT2D eigenvalue weighted by atomic mass is 19.4. The number of rotatable bonds is 1. The molecule has 0 saturated heterocycles. The van der Waals surface area contributed by atoms with Gasteiger partial charge in [0.2, 0.25) is 0 Å². The first kappa shape index (κ1) is 14.7. The summed E-state index contributed by atoms with van der Waals surface area (Å²) < 4.78 is 31.7. The van der Waals surface area contributed by atoms with Crippen molar-refractivity contribution in [2.24, 2.45) is 0 Å². The maximum absolute atomic E-state index is 10.6. The number of amides is 1. The van der Waals surface area contributed by atoms with Crippen LogP contribution in [-0.4, -0.2) is 33.4 Å². The minimum absolute atomic E-state index is 0.481. The molecule has 9 heteroatoms. The highest BCUT2D eigenvalue weighted by Gasteiger charge is 2.38. The van der Waals surface area contributed by atoms with Crippen molar-refractivity contribution in [3.63, 3.8) is 0 Å². The molecule has 6 nitrogen and oxygen atoms in total. The van der Waals surface area contributed by atoms with Crippen LogP contribution in [0.5, 0.6) is 0 Å². The molecule has 0 bridgehead atoms. The van der Waals surface area contributed by atoms with Crippen molar-refractivity contribution >= 4 is 17.7 Å². The van der Waals surface area contributed by atoms with E-state index in [0.717, 1.165) is 0 Å². The molecule has 0 aliphatic heterocycles. The average molecular weight is 252 g/mol. The summed E-state index contributed by atoms with van der Waals surface area (Å²) in [4.78, 5) is 22.6. The standard InChI is InChI=1S/C6H6N2O2.C2HF3O2/c9-6(10)8-5-2-1-3-7-4-5;3-2(4,5)1(6)7/h1-4,8H,(H,9,10);(H,6,7). The molecule has 1 heterocycles. The SMILES string of the molecule is O=C(O)C(F)(F)F.O=C(O)Nc1cccnc1. The van der Waals surface area contributed by atoms with Gasteiger partial charge in [0.05, 0.1) is 11.9 Å². The molecule has 0 aromatic carbocycles. The molecule has 0 unspecified atom stereocenters. The van der Waals surface area contributed by atoms with Gasteiger partial charge in [-0.25, -0.2) is 9.59 Å². The number of alkyl halides is 3. The minimum Gasteiger partial charge on any atom is -0.475 e. The van der Waals surface area contributed by atoms with E-state index in [1.807, 2.05) is 0 Å². The van der Waals surface area contributed by atoms with E-state index in [9.17, 15) is 18.0 Å². The maximum Gasteiger partial charge on any atom is 0.490 e. The van der Waals surface area contributed by atoms with Crippen LogP contribution in [0.25, 0.3) is 0 Å². The quantitative estimate of drug-likeness (QED) is 0.707. The second-order valence-corrected chi connectivity index (χ2v) is 2.47. The second kappa shape index (κ2) is 6.30. The number of anilines is 1. The molecule has 0 atom stereocenters. The Morgan fingerprint density at radius 3 is 2.12 bits per heavy atom. The number of carboxylic acids is 1. The van der Waals surface area contributed by atoms with E-state index in [-0.39, 0.29) is 0 Å². The lowest BCUT2D eigenvalue weighted by Crippen LogP contribution is -2.21. The minimum atomic E-state index is -5.08. The first-order valence-corrected chi connectivity index (χ1v) is 3.93. The molecule has 94 valence electrons. The Balaban J connectivity index is 0.000000325. The fraction of sp³-hybridized carbons (Fsp3) is 0.125. The van der Waals surface area contributed by atoms with Crippen LogP contribution in [0.2, 0.25) is 0 Å². The molecular weight excluding hydrogens is 245 g/mol. The van der Waals surface area contributed by atoms with Crippen molar-refractivity contribution in [2.45, 2.75) is 6.18 Å². The summed E-state index contributed by atoms with van der Waals surface area (Å²) in [7, 11) is 0. The van der Waals surface area contributed by atoms with Crippen molar-refractivity contribution in [1.29, 1.82) is 0 Å². The predicted molar refractivity (Wildman–Crippen MR) is 49.6 cm³/mol. The lowest BCUT2D eigenvalue weighted by Gasteiger charge is -1.96. The first-order chi connectivity index (χ1) is 7.73. The smallest absolute Gasteiger partial charge is 0.475 e. The molecule has 0 radical (unpaired) electrons. The van der Waals surface area contributed by atoms with Crippen LogP contribution in [-0.2, 0) is 4.79 Å². The van der Waals surface area contributed by atoms with Crippen molar-refractivity contribution in [3.8, 4) is 0 Å². The number of aliphatic carboxylic acids is 1. The third-order valence-corrected chi connectivity index (χ3v) is 1.16. The molecule has 1 aromatic rings. The third-order valence-electron chi connectivity index (χ3n) is 1.16. The van der Waals surface area contributed by atoms with E-state index in [1.54, 1.807) is 18.3 Å². The summed E-state index contributed by atoms with van der Waals surface area (Å²) in [6, 6.07) is 3.28. The average Bonchev–Trinajstić information content (AvgIpc) is 2.17. The zero-order valence-corrected chi connectivity index (χ0v) is 8.10. The molecule has 17 heavy (non-hydrogen) atoms. The van der Waals surface area contributed by atoms with Crippen LogP contribution in [0.15, 0.2) is 24.5 Å². The molecule has 1 aromatic heterocycles. The Hall–Kier alpha value is -2.32. The van der Waals surface area contributed by atoms with Crippen LogP contribution in [0.1, 0.15) is 0 Å². The Kier molecular flexibility index (Phi) is 5.44. The van der Waals surface area contributed by atoms with Gasteiger partial charge in [-0.1, -0.05) is 0 Å². The number of pyridine rings is 1. The fourth-order valence-corrected chi connectivity index (χ4v) is 0.560. The zero-order chi connectivity index (χ0) is 13.5. The summed E-state index contributed by atoms with van der Waals surface area (Å²) in [5.41, 5.74) is 0.481. The number of carboxylic acid groups (broad SMARTS) is 2. The van der Waals surface area contributed by atoms with E-state index >= 15 is 0 Å². The molecule has 1 amide bonds. The normalized spacial score (nSPS) is 9.82. The highest BCUT2D eigenvalue weighted by Crippen LogP contribution is 2.13. The van der Waals surface area contributed by atoms with Gasteiger partial charge < -0.3 is 10.2 Å². The summed E-state index contributed by atoms with van der Waals surface area (Å²) in [6.07, 6.45) is -3.14. The predicted octanol–water partition coefficient (Wildman–Crippen LogP) is 1.80. The van der Waals surface area contributed by atoms with Gasteiger partial charge in [-0.05, 0) is 12.1 Å². The van der Waals surface area contributed by atoms with E-state index in [4.69, 9.17) is 15.0 Å². The lowest BCUT2D eigenvalue weighted by molar-refractivity contribution is -0.192. The van der Waals surface area contributed by atoms with E-state index in [0.29, 0.717) is 5.69 Å². The number of halogens is 3. The monoisotopic (exact) mass is 252 g/mol. The van der Waals surface area contributed by atoms with Crippen LogP contribution < -0.4 is 5.32 Å². The number of carbonyl (C=O) groups is 2. The van der Waals surface area contributed by atoms with E-state index in [2.05, 4.69) is 10.3 Å². The number of hydrogen-bond donors (Lipinski definition) is 3. The van der Waals surface area contributed by atoms with E-state index < -0.39 is 18.2 Å². The molecule has 1 rings (SSSR count). The van der Waals surface area contributed by atoms with E-state index in [1.165, 1.54) is 6.20 Å². The highest BCUT2D eigenvalue weighted by molar-refractivity contribution is 5.82. The van der Waals surface area contributed by atoms with Crippen LogP contribution >= 0.6 is 0 Å². The fourth-order valence-electron chi connectivity index (χ4n) is 0.560. The van der Waals surface area contributed by atoms with Gasteiger partial charge in [-0.3, -0.25) is 10.3 Å². The van der Waals surface area contributed by atoms with Gasteiger partial charge in [0.25, 0.3) is 0 Å². The van der Waals surface area contributed by atoms with Crippen molar-refractivity contribution in [3.05, 3.63) is 24.5 Å². The third kappa shape index (κ3) is 7.59.